The monoisotopic (exact) mass is 329 g/mol. The van der Waals surface area contributed by atoms with Crippen molar-refractivity contribution in [1.29, 1.82) is 0 Å². The van der Waals surface area contributed by atoms with Crippen LogP contribution in [0.5, 0.6) is 0 Å². The molecule has 2 unspecified atom stereocenters. The van der Waals surface area contributed by atoms with Gasteiger partial charge in [-0.15, -0.1) is 0 Å². The molecule has 0 bridgehead atoms. The molecule has 0 radical (unpaired) electrons. The van der Waals surface area contributed by atoms with Crippen LogP contribution in [0.3, 0.4) is 0 Å². The van der Waals surface area contributed by atoms with Crippen LogP contribution >= 0.6 is 7.52 Å². The van der Waals surface area contributed by atoms with Crippen molar-refractivity contribution in [3.63, 3.8) is 0 Å². The summed E-state index contributed by atoms with van der Waals surface area (Å²) >= 11 is 0. The Labute approximate surface area is 138 Å². The van der Waals surface area contributed by atoms with Crippen LogP contribution in [-0.4, -0.2) is 13.2 Å². The maximum absolute atomic E-state index is 13.7. The fourth-order valence-corrected chi connectivity index (χ4v) is 5.19. The van der Waals surface area contributed by atoms with Gasteiger partial charge in [0.25, 0.3) is 0 Å². The van der Waals surface area contributed by atoms with Gasteiger partial charge in [-0.2, -0.15) is 0 Å². The van der Waals surface area contributed by atoms with Gasteiger partial charge in [0.1, 0.15) is 0 Å². The fraction of sp³-hybridized carbons (Fsp3) is 0.368. The summed E-state index contributed by atoms with van der Waals surface area (Å²) in [5.74, 6) is 0.327. The van der Waals surface area contributed by atoms with Gasteiger partial charge in [-0.25, -0.2) is 0 Å². The molecule has 0 saturated carbocycles. The largest absolute Gasteiger partial charge is 0.326 e. The molecule has 0 spiro atoms. The highest BCUT2D eigenvalue weighted by molar-refractivity contribution is 7.68. The summed E-state index contributed by atoms with van der Waals surface area (Å²) < 4.78 is 21.8. The predicted molar refractivity (Wildman–Crippen MR) is 96.4 cm³/mol. The van der Waals surface area contributed by atoms with Crippen LogP contribution in [0.25, 0.3) is 0 Å². The summed E-state index contributed by atoms with van der Waals surface area (Å²) in [4.78, 5) is 0. The van der Waals surface area contributed by atoms with Crippen molar-refractivity contribution in [2.24, 2.45) is 11.3 Å². The first kappa shape index (κ1) is 16.3. The molecule has 2 aromatic carbocycles. The summed E-state index contributed by atoms with van der Waals surface area (Å²) in [6.45, 7) is 7.90. The highest BCUT2D eigenvalue weighted by Crippen LogP contribution is 2.56. The van der Waals surface area contributed by atoms with Crippen molar-refractivity contribution in [3.8, 4) is 0 Å². The van der Waals surface area contributed by atoms with Gasteiger partial charge in [-0.3, -0.25) is 9.24 Å². The molecule has 3 rings (SSSR count). The summed E-state index contributed by atoms with van der Waals surface area (Å²) in [7, 11) is -3.07. The fourth-order valence-electron chi connectivity index (χ4n) is 2.84. The first-order valence-corrected chi connectivity index (χ1v) is 9.62. The number of hydrogen-bond acceptors (Lipinski definition) is 2. The Hall–Kier alpha value is -1.57. The minimum absolute atomic E-state index is 0.106. The van der Waals surface area contributed by atoms with E-state index in [9.17, 15) is 4.57 Å². The van der Waals surface area contributed by atoms with Crippen LogP contribution in [0.4, 0.5) is 5.69 Å². The lowest BCUT2D eigenvalue weighted by atomic mass is 9.81. The van der Waals surface area contributed by atoms with E-state index in [0.717, 1.165) is 17.5 Å². The summed E-state index contributed by atoms with van der Waals surface area (Å²) in [6.07, 6.45) is 0. The van der Waals surface area contributed by atoms with E-state index in [1.165, 1.54) is 0 Å². The molecule has 3 nitrogen and oxygen atoms in total. The molecular weight excluding hydrogens is 305 g/mol. The zero-order chi connectivity index (χ0) is 16.5. The third kappa shape index (κ3) is 3.22. The van der Waals surface area contributed by atoms with Gasteiger partial charge < -0.3 is 4.52 Å². The third-order valence-electron chi connectivity index (χ3n) is 4.52. The molecule has 0 N–H and O–H groups in total. The van der Waals surface area contributed by atoms with Gasteiger partial charge in [0.15, 0.2) is 0 Å². The standard InChI is InChI=1S/C19H24NO2P/c1-19(2,3)16-14-20(17-10-6-4-7-11-17)23(21,22-15-16)18-12-8-5-9-13-18/h4-13,16H,14-15H2,1-3H3. The molecule has 1 aliphatic rings. The van der Waals surface area contributed by atoms with E-state index in [-0.39, 0.29) is 5.41 Å². The molecule has 4 heteroatoms. The Morgan fingerprint density at radius 1 is 1.00 bits per heavy atom. The lowest BCUT2D eigenvalue weighted by Gasteiger charge is -2.44. The number of benzene rings is 2. The van der Waals surface area contributed by atoms with E-state index in [1.807, 2.05) is 65.3 Å². The van der Waals surface area contributed by atoms with Crippen molar-refractivity contribution in [2.75, 3.05) is 17.8 Å². The smallest absolute Gasteiger partial charge is 0.310 e. The second-order valence-corrected chi connectivity index (χ2v) is 9.43. The lowest BCUT2D eigenvalue weighted by molar-refractivity contribution is 0.139. The molecule has 0 amide bonds. The minimum Gasteiger partial charge on any atom is -0.310 e. The van der Waals surface area contributed by atoms with E-state index >= 15 is 0 Å². The highest BCUT2D eigenvalue weighted by atomic mass is 31.2. The Bertz CT molecular complexity index is 694. The Morgan fingerprint density at radius 3 is 2.13 bits per heavy atom. The first-order chi connectivity index (χ1) is 10.9. The topological polar surface area (TPSA) is 29.5 Å². The van der Waals surface area contributed by atoms with Crippen LogP contribution in [0.15, 0.2) is 60.7 Å². The zero-order valence-corrected chi connectivity index (χ0v) is 14.9. The number of para-hydroxylation sites is 1. The molecule has 2 aromatic rings. The van der Waals surface area contributed by atoms with Gasteiger partial charge in [0, 0.05) is 18.2 Å². The first-order valence-electron chi connectivity index (χ1n) is 8.04. The van der Waals surface area contributed by atoms with Crippen molar-refractivity contribution < 1.29 is 9.09 Å². The third-order valence-corrected chi connectivity index (χ3v) is 7.00. The van der Waals surface area contributed by atoms with E-state index in [0.29, 0.717) is 12.5 Å². The number of rotatable bonds is 2. The molecule has 1 heterocycles. The van der Waals surface area contributed by atoms with Crippen LogP contribution in [0.1, 0.15) is 20.8 Å². The van der Waals surface area contributed by atoms with Gasteiger partial charge >= 0.3 is 7.52 Å². The van der Waals surface area contributed by atoms with Crippen LogP contribution in [0.2, 0.25) is 0 Å². The molecule has 1 aliphatic heterocycles. The van der Waals surface area contributed by atoms with Gasteiger partial charge in [0.05, 0.1) is 11.9 Å². The van der Waals surface area contributed by atoms with Crippen molar-refractivity contribution >= 4 is 18.5 Å². The SMILES string of the molecule is CC(C)(C)C1COP(=O)(c2ccccc2)N(c2ccccc2)C1. The molecular formula is C19H24NO2P. The Morgan fingerprint density at radius 2 is 1.57 bits per heavy atom. The van der Waals surface area contributed by atoms with Gasteiger partial charge in [-0.05, 0) is 29.7 Å². The average Bonchev–Trinajstić information content (AvgIpc) is 2.56. The van der Waals surface area contributed by atoms with Crippen LogP contribution in [0, 0.1) is 11.3 Å². The van der Waals surface area contributed by atoms with E-state index in [1.54, 1.807) is 0 Å². The molecule has 0 aliphatic carbocycles. The van der Waals surface area contributed by atoms with Gasteiger partial charge in [0.2, 0.25) is 0 Å². The van der Waals surface area contributed by atoms with E-state index in [4.69, 9.17) is 4.52 Å². The quantitative estimate of drug-likeness (QED) is 0.748. The van der Waals surface area contributed by atoms with Crippen molar-refractivity contribution in [1.82, 2.24) is 0 Å². The van der Waals surface area contributed by atoms with Crippen LogP contribution < -0.4 is 9.97 Å². The average molecular weight is 329 g/mol. The summed E-state index contributed by atoms with van der Waals surface area (Å²) in [6, 6.07) is 19.5. The maximum atomic E-state index is 13.7. The molecule has 1 fully saturated rings. The molecule has 23 heavy (non-hydrogen) atoms. The minimum atomic E-state index is -3.07. The van der Waals surface area contributed by atoms with Crippen LogP contribution in [-0.2, 0) is 9.09 Å². The number of hydrogen-bond donors (Lipinski definition) is 0. The second kappa shape index (κ2) is 6.14. The number of nitrogens with zero attached hydrogens (tertiary/aromatic N) is 1. The van der Waals surface area contributed by atoms with Gasteiger partial charge in [-0.1, -0.05) is 57.2 Å². The highest BCUT2D eigenvalue weighted by Gasteiger charge is 2.43. The predicted octanol–water partition coefficient (Wildman–Crippen LogP) is 4.70. The molecule has 122 valence electrons. The Balaban J connectivity index is 2.04. The normalized spacial score (nSPS) is 25.3. The lowest BCUT2D eigenvalue weighted by Crippen LogP contribution is -2.43. The number of anilines is 1. The van der Waals surface area contributed by atoms with Crippen molar-refractivity contribution in [2.45, 2.75) is 20.8 Å². The molecule has 1 saturated heterocycles. The second-order valence-electron chi connectivity index (χ2n) is 7.13. The Kier molecular flexibility index (Phi) is 4.35. The maximum Gasteiger partial charge on any atom is 0.326 e. The van der Waals surface area contributed by atoms with Crippen molar-refractivity contribution in [3.05, 3.63) is 60.7 Å². The summed E-state index contributed by atoms with van der Waals surface area (Å²) in [5.41, 5.74) is 1.06. The zero-order valence-electron chi connectivity index (χ0n) is 14.0. The molecule has 2 atom stereocenters. The van der Waals surface area contributed by atoms with E-state index in [2.05, 4.69) is 20.8 Å². The van der Waals surface area contributed by atoms with E-state index < -0.39 is 7.52 Å². The summed E-state index contributed by atoms with van der Waals surface area (Å²) in [5, 5.41) is 0.760. The molecule has 0 aromatic heterocycles.